The summed E-state index contributed by atoms with van der Waals surface area (Å²) in [5.74, 6) is -1.06. The molecule has 0 saturated carbocycles. The molecule has 2 aliphatic heterocycles. The summed E-state index contributed by atoms with van der Waals surface area (Å²) in [4.78, 5) is 19.1. The van der Waals surface area contributed by atoms with E-state index in [9.17, 15) is 22.4 Å². The van der Waals surface area contributed by atoms with E-state index in [1.54, 1.807) is 18.2 Å². The normalized spacial score (nSPS) is 20.5. The van der Waals surface area contributed by atoms with Crippen molar-refractivity contribution >= 4 is 17.3 Å². The van der Waals surface area contributed by atoms with Crippen molar-refractivity contribution in [2.24, 2.45) is 5.92 Å². The van der Waals surface area contributed by atoms with E-state index in [1.807, 2.05) is 28.8 Å². The third-order valence-electron chi connectivity index (χ3n) is 6.43. The maximum absolute atomic E-state index is 14.4. The topological polar surface area (TPSA) is 38.8 Å². The summed E-state index contributed by atoms with van der Waals surface area (Å²) < 4.78 is 54.4. The van der Waals surface area contributed by atoms with Gasteiger partial charge in [-0.05, 0) is 56.4 Å². The predicted octanol–water partition coefficient (Wildman–Crippen LogP) is 3.39. The molecule has 5 nitrogen and oxygen atoms in total. The number of para-hydroxylation sites is 1. The fraction of sp³-hybridized carbons (Fsp3) is 0.458. The average molecular weight is 465 g/mol. The van der Waals surface area contributed by atoms with Gasteiger partial charge >= 0.3 is 6.18 Å². The minimum Gasteiger partial charge on any atom is -0.365 e. The van der Waals surface area contributed by atoms with Gasteiger partial charge in [-0.2, -0.15) is 13.2 Å². The summed E-state index contributed by atoms with van der Waals surface area (Å²) in [6, 6.07) is 10.00. The van der Waals surface area contributed by atoms with Crippen molar-refractivity contribution < 1.29 is 22.4 Å². The number of hydrogen-bond acceptors (Lipinski definition) is 4. The van der Waals surface area contributed by atoms with Gasteiger partial charge in [0.1, 0.15) is 5.82 Å². The highest BCUT2D eigenvalue weighted by Gasteiger charge is 2.43. The first-order valence-electron chi connectivity index (χ1n) is 11.0. The molecule has 1 saturated heterocycles. The average Bonchev–Trinajstić information content (AvgIpc) is 2.77. The number of hydrogen-bond donors (Lipinski definition) is 1. The fourth-order valence-electron chi connectivity index (χ4n) is 4.76. The van der Waals surface area contributed by atoms with Crippen LogP contribution in [0.5, 0.6) is 0 Å². The van der Waals surface area contributed by atoms with Crippen LogP contribution in [0.1, 0.15) is 11.1 Å². The van der Waals surface area contributed by atoms with E-state index in [1.165, 1.54) is 12.1 Å². The number of halogens is 4. The standard InChI is InChI=1S/C24H28F4N4O/c1-30(2)10-9-29-23(33)18-14-16-13-17(24(26,27)28)7-8-20(16)32-12-11-31(15-22(18)32)21-6-4-3-5-19(21)25/h3-8,13,18,22H,9-12,14-15H2,1-2H3,(H,29,33)/t18-,22-/m0/s1. The van der Waals surface area contributed by atoms with Crippen molar-refractivity contribution in [3.05, 3.63) is 59.4 Å². The third kappa shape index (κ3) is 4.93. The number of benzene rings is 2. The highest BCUT2D eigenvalue weighted by molar-refractivity contribution is 5.82. The molecule has 1 fully saturated rings. The van der Waals surface area contributed by atoms with Crippen LogP contribution in [0, 0.1) is 11.7 Å². The number of amides is 1. The first-order chi connectivity index (χ1) is 15.6. The number of nitrogens with zero attached hydrogens (tertiary/aromatic N) is 3. The largest absolute Gasteiger partial charge is 0.416 e. The molecular weight excluding hydrogens is 436 g/mol. The molecule has 9 heteroatoms. The highest BCUT2D eigenvalue weighted by Crippen LogP contribution is 2.40. The van der Waals surface area contributed by atoms with Gasteiger partial charge in [-0.1, -0.05) is 12.1 Å². The lowest BCUT2D eigenvalue weighted by atomic mass is 9.82. The number of alkyl halides is 3. The lowest BCUT2D eigenvalue weighted by Gasteiger charge is -2.49. The molecule has 0 aromatic heterocycles. The Morgan fingerprint density at radius 3 is 2.58 bits per heavy atom. The van der Waals surface area contributed by atoms with Gasteiger partial charge in [0.15, 0.2) is 0 Å². The first-order valence-corrected chi connectivity index (χ1v) is 11.0. The molecule has 2 aromatic rings. The fourth-order valence-corrected chi connectivity index (χ4v) is 4.76. The first kappa shape index (κ1) is 23.4. The van der Waals surface area contributed by atoms with Gasteiger partial charge in [-0.15, -0.1) is 0 Å². The van der Waals surface area contributed by atoms with Crippen LogP contribution in [0.2, 0.25) is 0 Å². The van der Waals surface area contributed by atoms with E-state index in [-0.39, 0.29) is 24.2 Å². The van der Waals surface area contributed by atoms with E-state index >= 15 is 0 Å². The smallest absolute Gasteiger partial charge is 0.365 e. The van der Waals surface area contributed by atoms with E-state index in [0.29, 0.717) is 44.0 Å². The molecule has 1 N–H and O–H groups in total. The third-order valence-corrected chi connectivity index (χ3v) is 6.43. The van der Waals surface area contributed by atoms with Crippen molar-refractivity contribution in [2.75, 3.05) is 56.6 Å². The Labute approximate surface area is 191 Å². The Kier molecular flexibility index (Phi) is 6.52. The number of carbonyl (C=O) groups excluding carboxylic acids is 1. The quantitative estimate of drug-likeness (QED) is 0.689. The Balaban J connectivity index is 1.65. The molecule has 0 bridgehead atoms. The van der Waals surface area contributed by atoms with Crippen LogP contribution >= 0.6 is 0 Å². The second-order valence-corrected chi connectivity index (χ2v) is 8.90. The van der Waals surface area contributed by atoms with Crippen molar-refractivity contribution in [3.8, 4) is 0 Å². The van der Waals surface area contributed by atoms with Gasteiger partial charge in [0.25, 0.3) is 0 Å². The number of piperazine rings is 1. The van der Waals surface area contributed by atoms with Crippen molar-refractivity contribution in [2.45, 2.75) is 18.6 Å². The van der Waals surface area contributed by atoms with Crippen LogP contribution in [0.3, 0.4) is 0 Å². The van der Waals surface area contributed by atoms with Crippen LogP contribution in [0.4, 0.5) is 28.9 Å². The molecule has 4 rings (SSSR count). The summed E-state index contributed by atoms with van der Waals surface area (Å²) in [5.41, 5.74) is 1.00. The molecule has 2 aromatic carbocycles. The zero-order valence-electron chi connectivity index (χ0n) is 18.7. The van der Waals surface area contributed by atoms with E-state index in [2.05, 4.69) is 5.32 Å². The molecule has 0 aliphatic carbocycles. The van der Waals surface area contributed by atoms with E-state index in [4.69, 9.17) is 0 Å². The number of nitrogens with one attached hydrogen (secondary N) is 1. The molecule has 2 atom stereocenters. The van der Waals surface area contributed by atoms with Gasteiger partial charge in [0, 0.05) is 38.4 Å². The maximum Gasteiger partial charge on any atom is 0.416 e. The number of anilines is 2. The van der Waals surface area contributed by atoms with Gasteiger partial charge in [-0.3, -0.25) is 4.79 Å². The second kappa shape index (κ2) is 9.21. The van der Waals surface area contributed by atoms with Crippen LogP contribution in [0.15, 0.2) is 42.5 Å². The van der Waals surface area contributed by atoms with Crippen LogP contribution in [-0.2, 0) is 17.4 Å². The zero-order chi connectivity index (χ0) is 23.8. The molecule has 1 amide bonds. The highest BCUT2D eigenvalue weighted by atomic mass is 19.4. The SMILES string of the molecule is CN(C)CCNC(=O)[C@H]1Cc2cc(C(F)(F)F)ccc2N2CCN(c3ccccc3F)C[C@@H]12. The lowest BCUT2D eigenvalue weighted by molar-refractivity contribution is -0.137. The number of fused-ring (bicyclic) bond motifs is 3. The Hall–Kier alpha value is -2.81. The van der Waals surface area contributed by atoms with Crippen LogP contribution in [0.25, 0.3) is 0 Å². The van der Waals surface area contributed by atoms with Gasteiger partial charge < -0.3 is 20.0 Å². The predicted molar refractivity (Wildman–Crippen MR) is 120 cm³/mol. The zero-order valence-corrected chi connectivity index (χ0v) is 18.7. The Morgan fingerprint density at radius 1 is 1.12 bits per heavy atom. The van der Waals surface area contributed by atoms with Crippen molar-refractivity contribution in [1.82, 2.24) is 10.2 Å². The number of carbonyl (C=O) groups is 1. The molecule has 33 heavy (non-hydrogen) atoms. The van der Waals surface area contributed by atoms with Crippen molar-refractivity contribution in [3.63, 3.8) is 0 Å². The minimum absolute atomic E-state index is 0.190. The lowest BCUT2D eigenvalue weighted by Crippen LogP contribution is -2.61. The monoisotopic (exact) mass is 464 g/mol. The summed E-state index contributed by atoms with van der Waals surface area (Å²) in [5, 5.41) is 2.94. The Morgan fingerprint density at radius 2 is 1.88 bits per heavy atom. The van der Waals surface area contributed by atoms with Gasteiger partial charge in [0.05, 0.1) is 23.2 Å². The number of rotatable bonds is 5. The molecule has 2 heterocycles. The molecule has 2 aliphatic rings. The van der Waals surface area contributed by atoms with Crippen LogP contribution < -0.4 is 15.1 Å². The number of likely N-dealkylation sites (N-methyl/N-ethyl adjacent to an activating group) is 1. The van der Waals surface area contributed by atoms with Crippen molar-refractivity contribution in [1.29, 1.82) is 0 Å². The summed E-state index contributed by atoms with van der Waals surface area (Å²) in [7, 11) is 3.80. The molecule has 178 valence electrons. The minimum atomic E-state index is -4.45. The molecule has 0 unspecified atom stereocenters. The summed E-state index contributed by atoms with van der Waals surface area (Å²) >= 11 is 0. The van der Waals surface area contributed by atoms with Gasteiger partial charge in [-0.25, -0.2) is 4.39 Å². The van der Waals surface area contributed by atoms with Crippen LogP contribution in [-0.4, -0.2) is 63.7 Å². The maximum atomic E-state index is 14.4. The van der Waals surface area contributed by atoms with E-state index < -0.39 is 17.7 Å². The molecular formula is C24H28F4N4O. The molecule has 0 radical (unpaired) electrons. The summed E-state index contributed by atoms with van der Waals surface area (Å²) in [6.07, 6.45) is -4.24. The van der Waals surface area contributed by atoms with E-state index in [0.717, 1.165) is 17.8 Å². The Bertz CT molecular complexity index is 1010. The summed E-state index contributed by atoms with van der Waals surface area (Å²) in [6.45, 7) is 2.50. The molecule has 0 spiro atoms. The second-order valence-electron chi connectivity index (χ2n) is 8.90. The van der Waals surface area contributed by atoms with Gasteiger partial charge in [0.2, 0.25) is 5.91 Å².